The van der Waals surface area contributed by atoms with Crippen molar-refractivity contribution in [2.75, 3.05) is 0 Å². The van der Waals surface area contributed by atoms with Gasteiger partial charge in [-0.1, -0.05) is 35.0 Å². The molecule has 0 atom stereocenters. The van der Waals surface area contributed by atoms with Gasteiger partial charge in [0, 0.05) is 4.47 Å². The van der Waals surface area contributed by atoms with Crippen molar-refractivity contribution in [3.63, 3.8) is 0 Å². The molecule has 3 nitrogen and oxygen atoms in total. The Morgan fingerprint density at radius 3 is 2.41 bits per heavy atom. The van der Waals surface area contributed by atoms with Gasteiger partial charge in [-0.05, 0) is 56.2 Å². The zero-order valence-electron chi connectivity index (χ0n) is 12.9. The fraction of sp³-hybridized carbons (Fsp3) is 0.278. The monoisotopic (exact) mass is 362 g/mol. The molecule has 0 radical (unpaired) electrons. The predicted molar refractivity (Wildman–Crippen MR) is 90.7 cm³/mol. The Labute approximate surface area is 139 Å². The summed E-state index contributed by atoms with van der Waals surface area (Å²) in [6.07, 6.45) is 0.934. The Hall–Kier alpha value is -1.81. The molecule has 2 rings (SSSR count). The van der Waals surface area contributed by atoms with Crippen LogP contribution in [0.4, 0.5) is 0 Å². The van der Waals surface area contributed by atoms with Crippen molar-refractivity contribution < 1.29 is 14.3 Å². The van der Waals surface area contributed by atoms with Gasteiger partial charge >= 0.3 is 5.97 Å². The number of carbonyl (C=O) groups is 1. The lowest BCUT2D eigenvalue weighted by Gasteiger charge is -2.14. The third-order valence-electron chi connectivity index (χ3n) is 3.07. The van der Waals surface area contributed by atoms with Gasteiger partial charge in [-0.25, -0.2) is 4.79 Å². The summed E-state index contributed by atoms with van der Waals surface area (Å²) in [4.78, 5) is 12.4. The lowest BCUT2D eigenvalue weighted by molar-refractivity contribution is 0.0728. The first-order valence-electron chi connectivity index (χ1n) is 7.27. The van der Waals surface area contributed by atoms with Crippen LogP contribution < -0.4 is 9.47 Å². The van der Waals surface area contributed by atoms with Crippen molar-refractivity contribution in [3.8, 4) is 11.5 Å². The highest BCUT2D eigenvalue weighted by molar-refractivity contribution is 9.10. The molecule has 0 bridgehead atoms. The van der Waals surface area contributed by atoms with Crippen molar-refractivity contribution in [2.45, 2.75) is 33.3 Å². The van der Waals surface area contributed by atoms with Gasteiger partial charge in [-0.2, -0.15) is 0 Å². The van der Waals surface area contributed by atoms with Crippen LogP contribution in [0.5, 0.6) is 11.5 Å². The molecule has 0 N–H and O–H groups in total. The van der Waals surface area contributed by atoms with E-state index >= 15 is 0 Å². The lowest BCUT2D eigenvalue weighted by Crippen LogP contribution is -2.14. The minimum absolute atomic E-state index is 0.0171. The summed E-state index contributed by atoms with van der Waals surface area (Å²) in [5, 5.41) is 0. The largest absolute Gasteiger partial charge is 0.490 e. The minimum atomic E-state index is -0.429. The highest BCUT2D eigenvalue weighted by atomic mass is 79.9. The molecule has 2 aromatic rings. The van der Waals surface area contributed by atoms with E-state index in [0.717, 1.165) is 10.9 Å². The molecule has 0 aliphatic heterocycles. The zero-order valence-corrected chi connectivity index (χ0v) is 14.5. The molecule has 2 aromatic carbocycles. The predicted octanol–water partition coefficient (Wildman–Crippen LogP) is 5.02. The van der Waals surface area contributed by atoms with Gasteiger partial charge in [-0.3, -0.25) is 0 Å². The van der Waals surface area contributed by atoms with Gasteiger partial charge in [0.25, 0.3) is 0 Å². The number of carbonyl (C=O) groups excluding carboxylic acids is 1. The molecule has 0 fully saturated rings. The normalized spacial score (nSPS) is 10.6. The summed E-state index contributed by atoms with van der Waals surface area (Å²) < 4.78 is 11.9. The third-order valence-corrected chi connectivity index (χ3v) is 3.56. The first-order valence-corrected chi connectivity index (χ1v) is 8.06. The maximum atomic E-state index is 12.4. The van der Waals surface area contributed by atoms with E-state index in [4.69, 9.17) is 9.47 Å². The molecule has 22 heavy (non-hydrogen) atoms. The maximum Gasteiger partial charge on any atom is 0.347 e. The van der Waals surface area contributed by atoms with E-state index in [0.29, 0.717) is 17.1 Å². The van der Waals surface area contributed by atoms with Crippen LogP contribution in [0, 0.1) is 0 Å². The van der Waals surface area contributed by atoms with Gasteiger partial charge in [0.2, 0.25) is 0 Å². The van der Waals surface area contributed by atoms with Crippen LogP contribution in [0.25, 0.3) is 0 Å². The molecule has 0 aliphatic rings. The zero-order chi connectivity index (χ0) is 16.1. The van der Waals surface area contributed by atoms with E-state index in [1.54, 1.807) is 24.3 Å². The Balaban J connectivity index is 2.22. The number of rotatable bonds is 5. The number of aryl methyl sites for hydroxylation is 1. The van der Waals surface area contributed by atoms with E-state index in [-0.39, 0.29) is 6.10 Å². The molecule has 0 saturated carbocycles. The summed E-state index contributed by atoms with van der Waals surface area (Å²) in [6, 6.07) is 12.8. The lowest BCUT2D eigenvalue weighted by atomic mass is 10.1. The van der Waals surface area contributed by atoms with Crippen LogP contribution in [-0.2, 0) is 6.42 Å². The van der Waals surface area contributed by atoms with Crippen molar-refractivity contribution in [1.82, 2.24) is 0 Å². The first-order chi connectivity index (χ1) is 10.5. The van der Waals surface area contributed by atoms with E-state index in [1.165, 1.54) is 5.56 Å². The highest BCUT2D eigenvalue weighted by Gasteiger charge is 2.16. The molecule has 0 amide bonds. The smallest absolute Gasteiger partial charge is 0.347 e. The molecule has 0 spiro atoms. The maximum absolute atomic E-state index is 12.4. The topological polar surface area (TPSA) is 35.5 Å². The number of benzene rings is 2. The SMILES string of the molecule is CCc1ccc(OC(=O)c2cc(Br)ccc2OC(C)C)cc1. The van der Waals surface area contributed by atoms with Crippen molar-refractivity contribution in [3.05, 3.63) is 58.1 Å². The van der Waals surface area contributed by atoms with Crippen LogP contribution in [0.1, 0.15) is 36.7 Å². The van der Waals surface area contributed by atoms with Gasteiger partial charge in [-0.15, -0.1) is 0 Å². The van der Waals surface area contributed by atoms with Crippen LogP contribution >= 0.6 is 15.9 Å². The average Bonchev–Trinajstić information content (AvgIpc) is 2.49. The van der Waals surface area contributed by atoms with Gasteiger partial charge in [0.15, 0.2) is 0 Å². The molecular formula is C18H19BrO3. The second-order valence-corrected chi connectivity index (χ2v) is 6.11. The van der Waals surface area contributed by atoms with Gasteiger partial charge in [0.1, 0.15) is 17.1 Å². The number of hydrogen-bond acceptors (Lipinski definition) is 3. The molecule has 0 aromatic heterocycles. The fourth-order valence-electron chi connectivity index (χ4n) is 1.97. The minimum Gasteiger partial charge on any atom is -0.490 e. The van der Waals surface area contributed by atoms with E-state index in [2.05, 4.69) is 22.9 Å². The molecule has 0 unspecified atom stereocenters. The molecule has 0 heterocycles. The second-order valence-electron chi connectivity index (χ2n) is 5.19. The highest BCUT2D eigenvalue weighted by Crippen LogP contribution is 2.26. The van der Waals surface area contributed by atoms with Gasteiger partial charge in [0.05, 0.1) is 6.10 Å². The number of esters is 1. The Kier molecular flexibility index (Phi) is 5.61. The molecular weight excluding hydrogens is 344 g/mol. The number of halogens is 1. The molecule has 0 saturated heterocycles. The Morgan fingerprint density at radius 2 is 1.82 bits per heavy atom. The molecule has 116 valence electrons. The van der Waals surface area contributed by atoms with Crippen LogP contribution in [-0.4, -0.2) is 12.1 Å². The summed E-state index contributed by atoms with van der Waals surface area (Å²) in [6.45, 7) is 5.92. The summed E-state index contributed by atoms with van der Waals surface area (Å²) in [7, 11) is 0. The van der Waals surface area contributed by atoms with Crippen molar-refractivity contribution >= 4 is 21.9 Å². The van der Waals surface area contributed by atoms with Crippen molar-refractivity contribution in [2.24, 2.45) is 0 Å². The third kappa shape index (κ3) is 4.34. The van der Waals surface area contributed by atoms with E-state index in [9.17, 15) is 4.79 Å². The first kappa shape index (κ1) is 16.6. The van der Waals surface area contributed by atoms with E-state index < -0.39 is 5.97 Å². The number of ether oxygens (including phenoxy) is 2. The van der Waals surface area contributed by atoms with Crippen LogP contribution in [0.3, 0.4) is 0 Å². The van der Waals surface area contributed by atoms with Gasteiger partial charge < -0.3 is 9.47 Å². The quantitative estimate of drug-likeness (QED) is 0.553. The second kappa shape index (κ2) is 7.45. The fourth-order valence-corrected chi connectivity index (χ4v) is 2.33. The molecule has 0 aliphatic carbocycles. The summed E-state index contributed by atoms with van der Waals surface area (Å²) in [5.74, 6) is 0.618. The summed E-state index contributed by atoms with van der Waals surface area (Å²) >= 11 is 3.37. The summed E-state index contributed by atoms with van der Waals surface area (Å²) in [5.41, 5.74) is 1.61. The number of hydrogen-bond donors (Lipinski definition) is 0. The van der Waals surface area contributed by atoms with Crippen LogP contribution in [0.2, 0.25) is 0 Å². The standard InChI is InChI=1S/C18H19BrO3/c1-4-13-5-8-15(9-6-13)22-18(20)16-11-14(19)7-10-17(16)21-12(2)3/h5-12H,4H2,1-3H3. The Bertz CT molecular complexity index is 648. The Morgan fingerprint density at radius 1 is 1.14 bits per heavy atom. The molecule has 4 heteroatoms. The van der Waals surface area contributed by atoms with E-state index in [1.807, 2.05) is 32.0 Å². The van der Waals surface area contributed by atoms with Crippen molar-refractivity contribution in [1.29, 1.82) is 0 Å². The average molecular weight is 363 g/mol. The van der Waals surface area contributed by atoms with Crippen LogP contribution in [0.15, 0.2) is 46.9 Å².